The number of nitrogens with one attached hydrogen (secondary N) is 2. The van der Waals surface area contributed by atoms with E-state index in [0.717, 1.165) is 6.42 Å². The van der Waals surface area contributed by atoms with E-state index in [1.165, 1.54) is 6.33 Å². The third-order valence-electron chi connectivity index (χ3n) is 3.14. The molecule has 2 N–H and O–H groups in total. The van der Waals surface area contributed by atoms with Gasteiger partial charge in [0, 0.05) is 32.6 Å². The maximum atomic E-state index is 11.4. The average Bonchev–Trinajstić information content (AvgIpc) is 2.69. The number of hydrogen-bond acceptors (Lipinski definition) is 7. The Morgan fingerprint density at radius 2 is 2.29 bits per heavy atom. The molecule has 1 saturated heterocycles. The number of hydrogen-bond donors (Lipinski definition) is 2. The van der Waals surface area contributed by atoms with Gasteiger partial charge in [0.15, 0.2) is 0 Å². The third kappa shape index (κ3) is 3.56. The van der Waals surface area contributed by atoms with Crippen LogP contribution in [0, 0.1) is 10.1 Å². The van der Waals surface area contributed by atoms with Crippen LogP contribution in [-0.4, -0.2) is 47.0 Å². The zero-order valence-corrected chi connectivity index (χ0v) is 11.8. The minimum absolute atomic E-state index is 0.0569. The van der Waals surface area contributed by atoms with Crippen LogP contribution in [0.2, 0.25) is 0 Å². The van der Waals surface area contributed by atoms with Crippen molar-refractivity contribution >= 4 is 23.2 Å². The first-order chi connectivity index (χ1) is 10.1. The summed E-state index contributed by atoms with van der Waals surface area (Å²) in [6.07, 6.45) is 2.43. The summed E-state index contributed by atoms with van der Waals surface area (Å²) < 4.78 is 0. The molecule has 0 atom stereocenters. The molecule has 114 valence electrons. The molecule has 0 radical (unpaired) electrons. The number of anilines is 2. The Balaban J connectivity index is 2.33. The standard InChI is InChI=1S/C12H18N6O3/c1-2-4-14-11-10(18(20)21)12(16-8-15-11)17-6-3-9(19)13-5-7-17/h8H,2-7H2,1H3,(H,13,19)(H,14,15,16). The van der Waals surface area contributed by atoms with Crippen LogP contribution in [0.15, 0.2) is 6.33 Å². The van der Waals surface area contributed by atoms with Crippen LogP contribution >= 0.6 is 0 Å². The van der Waals surface area contributed by atoms with Crippen molar-refractivity contribution in [2.75, 3.05) is 36.4 Å². The highest BCUT2D eigenvalue weighted by molar-refractivity contribution is 5.78. The maximum Gasteiger partial charge on any atom is 0.353 e. The van der Waals surface area contributed by atoms with Crippen molar-refractivity contribution in [3.05, 3.63) is 16.4 Å². The van der Waals surface area contributed by atoms with Gasteiger partial charge in [-0.3, -0.25) is 14.9 Å². The topological polar surface area (TPSA) is 113 Å². The third-order valence-corrected chi connectivity index (χ3v) is 3.14. The van der Waals surface area contributed by atoms with E-state index in [1.807, 2.05) is 6.92 Å². The van der Waals surface area contributed by atoms with Crippen LogP contribution in [0.3, 0.4) is 0 Å². The zero-order valence-electron chi connectivity index (χ0n) is 11.8. The first-order valence-corrected chi connectivity index (χ1v) is 6.88. The number of amides is 1. The number of carbonyl (C=O) groups is 1. The summed E-state index contributed by atoms with van der Waals surface area (Å²) in [5, 5.41) is 17.1. The van der Waals surface area contributed by atoms with Gasteiger partial charge in [0.05, 0.1) is 4.92 Å². The molecule has 9 heteroatoms. The molecule has 0 aliphatic carbocycles. The van der Waals surface area contributed by atoms with E-state index >= 15 is 0 Å². The Bertz CT molecular complexity index is 536. The highest BCUT2D eigenvalue weighted by Crippen LogP contribution is 2.31. The zero-order chi connectivity index (χ0) is 15.2. The van der Waals surface area contributed by atoms with E-state index in [-0.39, 0.29) is 23.2 Å². The van der Waals surface area contributed by atoms with Gasteiger partial charge in [0.1, 0.15) is 6.33 Å². The summed E-state index contributed by atoms with van der Waals surface area (Å²) in [5.41, 5.74) is -0.139. The van der Waals surface area contributed by atoms with Crippen LogP contribution in [-0.2, 0) is 4.79 Å². The summed E-state index contributed by atoms with van der Waals surface area (Å²) in [7, 11) is 0. The second-order valence-electron chi connectivity index (χ2n) is 4.67. The highest BCUT2D eigenvalue weighted by Gasteiger charge is 2.28. The van der Waals surface area contributed by atoms with Crippen molar-refractivity contribution in [2.45, 2.75) is 19.8 Å². The smallest absolute Gasteiger partial charge is 0.353 e. The fourth-order valence-corrected chi connectivity index (χ4v) is 2.12. The number of nitro groups is 1. The fraction of sp³-hybridized carbons (Fsp3) is 0.583. The van der Waals surface area contributed by atoms with Crippen LogP contribution in [0.4, 0.5) is 17.3 Å². The number of aromatic nitrogens is 2. The van der Waals surface area contributed by atoms with Crippen molar-refractivity contribution in [2.24, 2.45) is 0 Å². The van der Waals surface area contributed by atoms with Gasteiger partial charge in [0.25, 0.3) is 0 Å². The Labute approximate surface area is 121 Å². The fourth-order valence-electron chi connectivity index (χ4n) is 2.12. The van der Waals surface area contributed by atoms with Crippen molar-refractivity contribution < 1.29 is 9.72 Å². The molecule has 0 aromatic carbocycles. The Morgan fingerprint density at radius 3 is 3.00 bits per heavy atom. The molecule has 2 heterocycles. The van der Waals surface area contributed by atoms with E-state index in [4.69, 9.17) is 0 Å². The minimum atomic E-state index is -0.479. The number of rotatable bonds is 5. The molecule has 2 rings (SSSR count). The van der Waals surface area contributed by atoms with E-state index in [9.17, 15) is 14.9 Å². The summed E-state index contributed by atoms with van der Waals surface area (Å²) >= 11 is 0. The predicted octanol–water partition coefficient (Wildman–Crippen LogP) is 0.533. The molecule has 0 spiro atoms. The van der Waals surface area contributed by atoms with Crippen LogP contribution in [0.25, 0.3) is 0 Å². The normalized spacial score (nSPS) is 15.3. The first kappa shape index (κ1) is 14.9. The van der Waals surface area contributed by atoms with Crippen LogP contribution in [0.1, 0.15) is 19.8 Å². The average molecular weight is 294 g/mol. The molecule has 21 heavy (non-hydrogen) atoms. The second kappa shape index (κ2) is 6.82. The van der Waals surface area contributed by atoms with Gasteiger partial charge in [-0.1, -0.05) is 6.92 Å². The molecule has 1 aliphatic rings. The molecule has 1 aliphatic heterocycles. The van der Waals surface area contributed by atoms with Crippen LogP contribution in [0.5, 0.6) is 0 Å². The molecule has 0 bridgehead atoms. The number of nitrogens with zero attached hydrogens (tertiary/aromatic N) is 4. The van der Waals surface area contributed by atoms with E-state index in [1.54, 1.807) is 4.90 Å². The lowest BCUT2D eigenvalue weighted by atomic mass is 10.3. The molecule has 1 fully saturated rings. The molecule has 1 amide bonds. The summed E-state index contributed by atoms with van der Waals surface area (Å²) in [5.74, 6) is 0.416. The summed E-state index contributed by atoms with van der Waals surface area (Å²) in [6.45, 7) is 3.88. The van der Waals surface area contributed by atoms with Crippen molar-refractivity contribution in [3.8, 4) is 0 Å². The van der Waals surface area contributed by atoms with Gasteiger partial charge in [-0.05, 0) is 6.42 Å². The van der Waals surface area contributed by atoms with Gasteiger partial charge in [-0.15, -0.1) is 0 Å². The summed E-state index contributed by atoms with van der Waals surface area (Å²) in [4.78, 5) is 32.0. The second-order valence-corrected chi connectivity index (χ2v) is 4.67. The van der Waals surface area contributed by atoms with Crippen LogP contribution < -0.4 is 15.5 Å². The predicted molar refractivity (Wildman–Crippen MR) is 77.3 cm³/mol. The number of carbonyl (C=O) groups excluding carboxylic acids is 1. The Kier molecular flexibility index (Phi) is 4.85. The largest absolute Gasteiger partial charge is 0.364 e. The van der Waals surface area contributed by atoms with Crippen molar-refractivity contribution in [1.29, 1.82) is 0 Å². The molecule has 1 aromatic heterocycles. The van der Waals surface area contributed by atoms with Gasteiger partial charge in [-0.25, -0.2) is 9.97 Å². The molecule has 9 nitrogen and oxygen atoms in total. The minimum Gasteiger partial charge on any atom is -0.364 e. The lowest BCUT2D eigenvalue weighted by molar-refractivity contribution is -0.383. The van der Waals surface area contributed by atoms with E-state index < -0.39 is 4.92 Å². The van der Waals surface area contributed by atoms with Gasteiger partial charge in [0.2, 0.25) is 17.5 Å². The highest BCUT2D eigenvalue weighted by atomic mass is 16.6. The molecule has 1 aromatic rings. The summed E-state index contributed by atoms with van der Waals surface area (Å²) in [6, 6.07) is 0. The van der Waals surface area contributed by atoms with E-state index in [2.05, 4.69) is 20.6 Å². The molecule has 0 saturated carbocycles. The molecule has 0 unspecified atom stereocenters. The molecular formula is C12H18N6O3. The monoisotopic (exact) mass is 294 g/mol. The first-order valence-electron chi connectivity index (χ1n) is 6.88. The van der Waals surface area contributed by atoms with Gasteiger partial charge < -0.3 is 15.5 Å². The van der Waals surface area contributed by atoms with Crippen molar-refractivity contribution in [3.63, 3.8) is 0 Å². The van der Waals surface area contributed by atoms with Gasteiger partial charge >= 0.3 is 5.69 Å². The lowest BCUT2D eigenvalue weighted by Crippen LogP contribution is -2.30. The Hall–Kier alpha value is -2.45. The lowest BCUT2D eigenvalue weighted by Gasteiger charge is -2.20. The van der Waals surface area contributed by atoms with Gasteiger partial charge in [-0.2, -0.15) is 0 Å². The molecular weight excluding hydrogens is 276 g/mol. The maximum absolute atomic E-state index is 11.4. The quantitative estimate of drug-likeness (QED) is 0.601. The van der Waals surface area contributed by atoms with Crippen molar-refractivity contribution in [1.82, 2.24) is 15.3 Å². The van der Waals surface area contributed by atoms with E-state index in [0.29, 0.717) is 32.6 Å². The SMILES string of the molecule is CCCNc1ncnc(N2CCNC(=O)CC2)c1[N+](=O)[O-]. The Morgan fingerprint density at radius 1 is 1.48 bits per heavy atom.